The van der Waals surface area contributed by atoms with Gasteiger partial charge in [0.15, 0.2) is 5.82 Å². The van der Waals surface area contributed by atoms with Gasteiger partial charge in [-0.25, -0.2) is 0 Å². The first-order valence-electron chi connectivity index (χ1n) is 5.99. The third kappa shape index (κ3) is 3.38. The number of aromatic nitrogens is 2. The summed E-state index contributed by atoms with van der Waals surface area (Å²) in [7, 11) is 0. The van der Waals surface area contributed by atoms with Crippen LogP contribution in [0.3, 0.4) is 0 Å². The Labute approximate surface area is 136 Å². The number of nitrogens with zero attached hydrogens (tertiary/aromatic N) is 3. The van der Waals surface area contributed by atoms with Crippen molar-refractivity contribution in [3.05, 3.63) is 32.1 Å². The monoisotopic (exact) mass is 342 g/mol. The fourth-order valence-corrected chi connectivity index (χ4v) is 3.02. The number of nitrogens with one attached hydrogen (secondary N) is 1. The molecule has 2 aromatic rings. The molecule has 0 unspecified atom stereocenters. The molecule has 1 amide bonds. The van der Waals surface area contributed by atoms with Crippen LogP contribution in [0.4, 0.5) is 5.82 Å². The van der Waals surface area contributed by atoms with Crippen LogP contribution in [0.25, 0.3) is 0 Å². The number of hydrogen-bond acceptors (Lipinski definition) is 4. The van der Waals surface area contributed by atoms with Gasteiger partial charge in [-0.3, -0.25) is 9.48 Å². The summed E-state index contributed by atoms with van der Waals surface area (Å²) in [6, 6.07) is 3.49. The molecule has 0 aliphatic rings. The predicted molar refractivity (Wildman–Crippen MR) is 84.2 cm³/mol. The zero-order valence-corrected chi connectivity index (χ0v) is 13.9. The number of thiophene rings is 1. The highest BCUT2D eigenvalue weighted by Crippen LogP contribution is 2.31. The highest BCUT2D eigenvalue weighted by molar-refractivity contribution is 7.20. The third-order valence-corrected chi connectivity index (χ3v) is 4.14. The lowest BCUT2D eigenvalue weighted by Gasteiger charge is -2.18. The van der Waals surface area contributed by atoms with E-state index in [2.05, 4.69) is 10.4 Å². The summed E-state index contributed by atoms with van der Waals surface area (Å²) in [5.41, 5.74) is 0.259. The van der Waals surface area contributed by atoms with E-state index in [0.29, 0.717) is 8.67 Å². The number of nitriles is 1. The van der Waals surface area contributed by atoms with Gasteiger partial charge in [0, 0.05) is 6.20 Å². The Hall–Kier alpha value is -1.55. The van der Waals surface area contributed by atoms with Crippen LogP contribution in [-0.2, 0) is 5.54 Å². The molecule has 0 saturated carbocycles. The molecule has 1 N–H and O–H groups in total. The second kappa shape index (κ2) is 5.68. The molecule has 0 aromatic carbocycles. The molecule has 0 fully saturated rings. The Balaban J connectivity index is 2.32. The number of halogens is 2. The molecule has 0 spiro atoms. The lowest BCUT2D eigenvalue weighted by molar-refractivity contribution is 0.102. The topological polar surface area (TPSA) is 70.7 Å². The van der Waals surface area contributed by atoms with Crippen molar-refractivity contribution in [2.75, 3.05) is 5.32 Å². The van der Waals surface area contributed by atoms with Crippen LogP contribution >= 0.6 is 34.5 Å². The number of rotatable bonds is 2. The highest BCUT2D eigenvalue weighted by Gasteiger charge is 2.21. The van der Waals surface area contributed by atoms with Gasteiger partial charge in [-0.1, -0.05) is 23.2 Å². The van der Waals surface area contributed by atoms with Crippen molar-refractivity contribution in [1.82, 2.24) is 9.78 Å². The zero-order valence-electron chi connectivity index (χ0n) is 11.6. The molecule has 2 rings (SSSR count). The van der Waals surface area contributed by atoms with Crippen molar-refractivity contribution in [1.29, 1.82) is 5.26 Å². The van der Waals surface area contributed by atoms with Gasteiger partial charge in [-0.05, 0) is 26.8 Å². The fourth-order valence-electron chi connectivity index (χ4n) is 1.56. The van der Waals surface area contributed by atoms with E-state index in [1.165, 1.54) is 6.07 Å². The predicted octanol–water partition coefficient (Wildman–Crippen LogP) is 4.13. The number of amides is 1. The Morgan fingerprint density at radius 1 is 1.48 bits per heavy atom. The molecular formula is C13H12Cl2N4OS. The second-order valence-electron chi connectivity index (χ2n) is 5.31. The molecule has 110 valence electrons. The van der Waals surface area contributed by atoms with E-state index in [9.17, 15) is 4.79 Å². The van der Waals surface area contributed by atoms with Crippen LogP contribution in [-0.4, -0.2) is 15.7 Å². The normalized spacial score (nSPS) is 11.2. The Kier molecular flexibility index (Phi) is 4.28. The summed E-state index contributed by atoms with van der Waals surface area (Å²) in [5, 5.41) is 16.0. The smallest absolute Gasteiger partial charge is 0.259 e. The minimum absolute atomic E-state index is 0.204. The largest absolute Gasteiger partial charge is 0.304 e. The summed E-state index contributed by atoms with van der Waals surface area (Å²) < 4.78 is 2.35. The standard InChI is InChI=1S/C13H12Cl2N4OS/c1-13(2,3)19-6-7(5-16)11(18-19)17-12(20)8-4-9(14)21-10(8)15/h4,6H,1-3H3,(H,17,18,20). The summed E-state index contributed by atoms with van der Waals surface area (Å²) in [4.78, 5) is 12.2. The average Bonchev–Trinajstić information content (AvgIpc) is 2.92. The van der Waals surface area contributed by atoms with Crippen molar-refractivity contribution in [2.45, 2.75) is 26.3 Å². The summed E-state index contributed by atoms with van der Waals surface area (Å²) >= 11 is 12.9. The van der Waals surface area contributed by atoms with Gasteiger partial charge in [0.05, 0.1) is 15.4 Å². The fraction of sp³-hybridized carbons (Fsp3) is 0.308. The van der Waals surface area contributed by atoms with Gasteiger partial charge in [0.2, 0.25) is 0 Å². The van der Waals surface area contributed by atoms with Gasteiger partial charge < -0.3 is 5.32 Å². The van der Waals surface area contributed by atoms with Crippen molar-refractivity contribution in [2.24, 2.45) is 0 Å². The molecule has 0 radical (unpaired) electrons. The van der Waals surface area contributed by atoms with Gasteiger partial charge in [0.25, 0.3) is 5.91 Å². The van der Waals surface area contributed by atoms with E-state index in [1.807, 2.05) is 26.8 Å². The minimum Gasteiger partial charge on any atom is -0.304 e. The highest BCUT2D eigenvalue weighted by atomic mass is 35.5. The molecule has 2 aromatic heterocycles. The number of carbonyl (C=O) groups excluding carboxylic acids is 1. The number of hydrogen-bond donors (Lipinski definition) is 1. The van der Waals surface area contributed by atoms with E-state index in [1.54, 1.807) is 10.9 Å². The first-order chi connectivity index (χ1) is 9.72. The van der Waals surface area contributed by atoms with E-state index < -0.39 is 5.91 Å². The van der Waals surface area contributed by atoms with Crippen molar-refractivity contribution < 1.29 is 4.79 Å². The number of carbonyl (C=O) groups is 1. The first-order valence-corrected chi connectivity index (χ1v) is 7.56. The molecule has 21 heavy (non-hydrogen) atoms. The maximum Gasteiger partial charge on any atom is 0.259 e. The van der Waals surface area contributed by atoms with Gasteiger partial charge in [0.1, 0.15) is 16.0 Å². The Morgan fingerprint density at radius 3 is 2.62 bits per heavy atom. The summed E-state index contributed by atoms with van der Waals surface area (Å²) in [6.07, 6.45) is 1.60. The zero-order chi connectivity index (χ0) is 15.8. The molecule has 0 atom stereocenters. The summed E-state index contributed by atoms with van der Waals surface area (Å²) in [5.74, 6) is -0.241. The quantitative estimate of drug-likeness (QED) is 0.891. The SMILES string of the molecule is CC(C)(C)n1cc(C#N)c(NC(=O)c2cc(Cl)sc2Cl)n1. The lowest BCUT2D eigenvalue weighted by Crippen LogP contribution is -2.22. The first kappa shape index (κ1) is 15.8. The second-order valence-corrected chi connectivity index (χ2v) is 7.60. The Bertz CT molecular complexity index is 736. The van der Waals surface area contributed by atoms with Gasteiger partial charge in [-0.2, -0.15) is 10.4 Å². The third-order valence-electron chi connectivity index (χ3n) is 2.66. The van der Waals surface area contributed by atoms with Crippen LogP contribution in [0.5, 0.6) is 0 Å². The number of anilines is 1. The average molecular weight is 343 g/mol. The lowest BCUT2D eigenvalue weighted by atomic mass is 10.1. The van der Waals surface area contributed by atoms with Gasteiger partial charge >= 0.3 is 0 Å². The van der Waals surface area contributed by atoms with Crippen molar-refractivity contribution >= 4 is 46.3 Å². The van der Waals surface area contributed by atoms with Crippen LogP contribution < -0.4 is 5.32 Å². The van der Waals surface area contributed by atoms with Crippen molar-refractivity contribution in [3.63, 3.8) is 0 Å². The van der Waals surface area contributed by atoms with Crippen LogP contribution in [0, 0.1) is 11.3 Å². The van der Waals surface area contributed by atoms with E-state index in [-0.39, 0.29) is 22.5 Å². The molecule has 0 bridgehead atoms. The van der Waals surface area contributed by atoms with E-state index >= 15 is 0 Å². The van der Waals surface area contributed by atoms with Crippen molar-refractivity contribution in [3.8, 4) is 6.07 Å². The molecule has 5 nitrogen and oxygen atoms in total. The summed E-state index contributed by atoms with van der Waals surface area (Å²) in [6.45, 7) is 5.84. The molecular weight excluding hydrogens is 331 g/mol. The van der Waals surface area contributed by atoms with Gasteiger partial charge in [-0.15, -0.1) is 11.3 Å². The molecule has 0 aliphatic heterocycles. The molecule has 2 heterocycles. The molecule has 0 saturated heterocycles. The van der Waals surface area contributed by atoms with E-state index in [4.69, 9.17) is 28.5 Å². The molecule has 0 aliphatic carbocycles. The maximum atomic E-state index is 12.2. The van der Waals surface area contributed by atoms with Crippen LogP contribution in [0.1, 0.15) is 36.7 Å². The molecule has 8 heteroatoms. The van der Waals surface area contributed by atoms with E-state index in [0.717, 1.165) is 11.3 Å². The minimum atomic E-state index is -0.446. The van der Waals surface area contributed by atoms with Crippen LogP contribution in [0.2, 0.25) is 8.67 Å². The maximum absolute atomic E-state index is 12.2. The Morgan fingerprint density at radius 2 is 2.14 bits per heavy atom. The van der Waals surface area contributed by atoms with Crippen LogP contribution in [0.15, 0.2) is 12.3 Å².